The third kappa shape index (κ3) is 5.49. The largest absolute Gasteiger partial charge is 0.372 e. The van der Waals surface area contributed by atoms with Crippen molar-refractivity contribution in [1.82, 2.24) is 0 Å². The molecule has 2 aromatic carbocycles. The first-order chi connectivity index (χ1) is 17.3. The number of anilines is 2. The molecule has 1 amide bonds. The Morgan fingerprint density at radius 1 is 1.03 bits per heavy atom. The molecule has 3 atom stereocenters. The van der Waals surface area contributed by atoms with Crippen LogP contribution in [0.5, 0.6) is 0 Å². The van der Waals surface area contributed by atoms with Crippen molar-refractivity contribution in [3.05, 3.63) is 60.2 Å². The number of piperidine rings is 1. The predicted octanol–water partition coefficient (Wildman–Crippen LogP) is 4.79. The maximum Gasteiger partial charge on any atom is 0.250 e. The Morgan fingerprint density at radius 3 is 2.36 bits per heavy atom. The molecule has 5 rings (SSSR count). The summed E-state index contributed by atoms with van der Waals surface area (Å²) in [5.41, 5.74) is 3.51. The Hall–Kier alpha value is -2.32. The number of thioether (sulfide) groups is 1. The van der Waals surface area contributed by atoms with Gasteiger partial charge in [-0.25, -0.2) is 8.42 Å². The zero-order chi connectivity index (χ0) is 25.3. The maximum absolute atomic E-state index is 12.6. The maximum atomic E-state index is 12.6. The second-order valence-electron chi connectivity index (χ2n) is 10.3. The van der Waals surface area contributed by atoms with Crippen LogP contribution in [0, 0.1) is 11.8 Å². The second kappa shape index (κ2) is 10.6. The van der Waals surface area contributed by atoms with Gasteiger partial charge in [-0.05, 0) is 61.4 Å². The van der Waals surface area contributed by atoms with Crippen LogP contribution in [0.4, 0.5) is 11.4 Å². The molecular weight excluding hydrogens is 490 g/mol. The highest BCUT2D eigenvalue weighted by molar-refractivity contribution is 8.16. The first kappa shape index (κ1) is 25.3. The number of nitrogens with zero attached hydrogens (tertiary/aromatic N) is 3. The molecule has 3 fully saturated rings. The van der Waals surface area contributed by atoms with E-state index in [1.54, 1.807) is 0 Å². The third-order valence-electron chi connectivity index (χ3n) is 7.78. The lowest BCUT2D eigenvalue weighted by Crippen LogP contribution is -2.38. The Bertz CT molecular complexity index is 1210. The highest BCUT2D eigenvalue weighted by atomic mass is 32.2. The van der Waals surface area contributed by atoms with Crippen LogP contribution in [-0.2, 0) is 21.1 Å². The average molecular weight is 526 g/mol. The quantitative estimate of drug-likeness (QED) is 0.540. The minimum Gasteiger partial charge on any atom is -0.372 e. The standard InChI is InChI=1S/C28H35N3O3S2/c1-3-20(2)27(32)29-28-31(25-18-36(33,34)19-26(25)35-28)24-11-9-23(10-12-24)30-15-13-22(14-16-30)17-21-7-5-4-6-8-21/h4-12,20,22,25-26H,3,13-19H2,1-2H3/t20-,25+,26+/m0/s1. The fourth-order valence-corrected chi connectivity index (χ4v) is 9.33. The Morgan fingerprint density at radius 2 is 1.69 bits per heavy atom. The van der Waals surface area contributed by atoms with Crippen LogP contribution in [0.25, 0.3) is 0 Å². The van der Waals surface area contributed by atoms with Crippen LogP contribution in [0.3, 0.4) is 0 Å². The number of rotatable bonds is 6. The summed E-state index contributed by atoms with van der Waals surface area (Å²) in [5.74, 6) is 0.690. The molecular formula is C28H35N3O3S2. The molecule has 6 nitrogen and oxygen atoms in total. The molecule has 0 aliphatic carbocycles. The summed E-state index contributed by atoms with van der Waals surface area (Å²) in [6, 6.07) is 18.9. The van der Waals surface area contributed by atoms with Gasteiger partial charge in [0, 0.05) is 35.6 Å². The van der Waals surface area contributed by atoms with E-state index in [9.17, 15) is 13.2 Å². The van der Waals surface area contributed by atoms with E-state index in [2.05, 4.69) is 64.5 Å². The number of benzene rings is 2. The molecule has 0 unspecified atom stereocenters. The van der Waals surface area contributed by atoms with Gasteiger partial charge in [-0.15, -0.1) is 0 Å². The van der Waals surface area contributed by atoms with E-state index in [0.717, 1.165) is 31.6 Å². The van der Waals surface area contributed by atoms with Gasteiger partial charge in [0.1, 0.15) is 0 Å². The highest BCUT2D eigenvalue weighted by Gasteiger charge is 2.49. The van der Waals surface area contributed by atoms with E-state index in [4.69, 9.17) is 0 Å². The van der Waals surface area contributed by atoms with Crippen LogP contribution in [0.2, 0.25) is 0 Å². The monoisotopic (exact) mass is 525 g/mol. The minimum atomic E-state index is -3.08. The number of carbonyl (C=O) groups excluding carboxylic acids is 1. The second-order valence-corrected chi connectivity index (χ2v) is 13.7. The normalized spacial score (nSPS) is 25.8. The van der Waals surface area contributed by atoms with E-state index in [0.29, 0.717) is 11.1 Å². The van der Waals surface area contributed by atoms with Crippen LogP contribution in [0.15, 0.2) is 59.6 Å². The Labute approximate surface area is 219 Å². The van der Waals surface area contributed by atoms with Crippen molar-refractivity contribution in [2.45, 2.75) is 50.8 Å². The number of hydrogen-bond donors (Lipinski definition) is 0. The van der Waals surface area contributed by atoms with Gasteiger partial charge in [-0.1, -0.05) is 55.9 Å². The van der Waals surface area contributed by atoms with Crippen LogP contribution in [0.1, 0.15) is 38.7 Å². The number of amides is 1. The zero-order valence-electron chi connectivity index (χ0n) is 21.0. The summed E-state index contributed by atoms with van der Waals surface area (Å²) in [7, 11) is -3.08. The molecule has 3 aliphatic heterocycles. The Balaban J connectivity index is 1.29. The number of sulfone groups is 1. The molecule has 3 aliphatic rings. The van der Waals surface area contributed by atoms with Gasteiger partial charge in [-0.2, -0.15) is 4.99 Å². The van der Waals surface area contributed by atoms with E-state index in [1.165, 1.54) is 35.9 Å². The molecule has 192 valence electrons. The lowest BCUT2D eigenvalue weighted by Gasteiger charge is -2.34. The van der Waals surface area contributed by atoms with Crippen molar-refractivity contribution in [2.75, 3.05) is 34.4 Å². The molecule has 0 radical (unpaired) electrons. The van der Waals surface area contributed by atoms with E-state index in [-0.39, 0.29) is 34.6 Å². The summed E-state index contributed by atoms with van der Waals surface area (Å²) in [6.07, 6.45) is 4.23. The van der Waals surface area contributed by atoms with E-state index < -0.39 is 9.84 Å². The fraction of sp³-hybridized carbons (Fsp3) is 0.500. The van der Waals surface area contributed by atoms with Crippen LogP contribution in [-0.4, -0.2) is 55.4 Å². The first-order valence-corrected chi connectivity index (χ1v) is 15.7. The zero-order valence-corrected chi connectivity index (χ0v) is 22.7. The summed E-state index contributed by atoms with van der Waals surface area (Å²) in [6.45, 7) is 5.94. The van der Waals surface area contributed by atoms with Gasteiger partial charge in [-0.3, -0.25) is 4.79 Å². The highest BCUT2D eigenvalue weighted by Crippen LogP contribution is 2.41. The van der Waals surface area contributed by atoms with Gasteiger partial charge in [0.05, 0.1) is 17.5 Å². The number of aliphatic imine (C=N–C) groups is 1. The molecule has 0 bridgehead atoms. The molecule has 36 heavy (non-hydrogen) atoms. The molecule has 0 N–H and O–H groups in total. The van der Waals surface area contributed by atoms with E-state index >= 15 is 0 Å². The molecule has 3 heterocycles. The molecule has 0 aromatic heterocycles. The van der Waals surface area contributed by atoms with Crippen molar-refractivity contribution in [1.29, 1.82) is 0 Å². The Kier molecular flexibility index (Phi) is 7.45. The topological polar surface area (TPSA) is 70.0 Å². The molecule has 8 heteroatoms. The van der Waals surface area contributed by atoms with Gasteiger partial charge < -0.3 is 9.80 Å². The lowest BCUT2D eigenvalue weighted by atomic mass is 9.90. The van der Waals surface area contributed by atoms with Gasteiger partial charge in [0.25, 0.3) is 5.91 Å². The van der Waals surface area contributed by atoms with Gasteiger partial charge >= 0.3 is 0 Å². The van der Waals surface area contributed by atoms with Gasteiger partial charge in [0.15, 0.2) is 15.0 Å². The lowest BCUT2D eigenvalue weighted by molar-refractivity contribution is -0.121. The summed E-state index contributed by atoms with van der Waals surface area (Å²) >= 11 is 1.44. The van der Waals surface area contributed by atoms with E-state index in [1.807, 2.05) is 18.7 Å². The first-order valence-electron chi connectivity index (χ1n) is 13.0. The van der Waals surface area contributed by atoms with Crippen molar-refractivity contribution >= 4 is 44.0 Å². The predicted molar refractivity (Wildman–Crippen MR) is 150 cm³/mol. The average Bonchev–Trinajstić information content (AvgIpc) is 3.35. The van der Waals surface area contributed by atoms with Crippen LogP contribution >= 0.6 is 11.8 Å². The molecule has 0 saturated carbocycles. The van der Waals surface area contributed by atoms with Crippen molar-refractivity contribution < 1.29 is 13.2 Å². The van der Waals surface area contributed by atoms with Crippen LogP contribution < -0.4 is 9.80 Å². The third-order valence-corrected chi connectivity index (χ3v) is 11.0. The minimum absolute atomic E-state index is 0.0817. The number of fused-ring (bicyclic) bond motifs is 1. The SMILES string of the molecule is CC[C@H](C)C(=O)N=C1S[C@@H]2CS(=O)(=O)C[C@H]2N1c1ccc(N2CCC(Cc3ccccc3)CC2)cc1. The number of carbonyl (C=O) groups is 1. The molecule has 0 spiro atoms. The summed E-state index contributed by atoms with van der Waals surface area (Å²) in [4.78, 5) is 21.5. The van der Waals surface area contributed by atoms with Crippen molar-refractivity contribution in [3.63, 3.8) is 0 Å². The molecule has 2 aromatic rings. The number of hydrogen-bond acceptors (Lipinski definition) is 5. The summed E-state index contributed by atoms with van der Waals surface area (Å²) < 4.78 is 24.7. The fourth-order valence-electron chi connectivity index (χ4n) is 5.41. The smallest absolute Gasteiger partial charge is 0.250 e. The summed E-state index contributed by atoms with van der Waals surface area (Å²) in [5, 5.41) is 0.557. The van der Waals surface area contributed by atoms with Crippen molar-refractivity contribution in [3.8, 4) is 0 Å². The van der Waals surface area contributed by atoms with Gasteiger partial charge in [0.2, 0.25) is 0 Å². The molecule has 3 saturated heterocycles. The van der Waals surface area contributed by atoms with Crippen molar-refractivity contribution in [2.24, 2.45) is 16.8 Å². The number of amidine groups is 1.